The molecule has 1 N–H and O–H groups in total. The number of carbonyl (C=O) groups is 2. The van der Waals surface area contributed by atoms with Gasteiger partial charge in [0.15, 0.2) is 0 Å². The van der Waals surface area contributed by atoms with Crippen LogP contribution in [-0.4, -0.2) is 51.9 Å². The third kappa shape index (κ3) is 5.55. The van der Waals surface area contributed by atoms with Gasteiger partial charge in [-0.1, -0.05) is 30.3 Å². The van der Waals surface area contributed by atoms with E-state index in [1.807, 2.05) is 76.6 Å². The van der Waals surface area contributed by atoms with Crippen molar-refractivity contribution in [2.45, 2.75) is 24.2 Å². The maximum Gasteiger partial charge on any atom is 0.252 e. The van der Waals surface area contributed by atoms with Crippen LogP contribution in [0.5, 0.6) is 0 Å². The number of hydrogen-bond donors (Lipinski definition) is 1. The molecule has 0 radical (unpaired) electrons. The first-order valence-corrected chi connectivity index (χ1v) is 11.6. The van der Waals surface area contributed by atoms with Crippen LogP contribution in [0.2, 0.25) is 0 Å². The largest absolute Gasteiger partial charge is 0.352 e. The molecule has 160 valence electrons. The molecule has 1 fully saturated rings. The maximum atomic E-state index is 12.7. The minimum atomic E-state index is -0.118. The molecule has 2 amide bonds. The molecule has 1 aliphatic heterocycles. The highest BCUT2D eigenvalue weighted by molar-refractivity contribution is 8.00. The van der Waals surface area contributed by atoms with Crippen molar-refractivity contribution in [2.75, 3.05) is 25.4 Å². The van der Waals surface area contributed by atoms with Crippen LogP contribution >= 0.6 is 11.8 Å². The van der Waals surface area contributed by atoms with Gasteiger partial charge >= 0.3 is 0 Å². The molecule has 2 heterocycles. The first-order valence-electron chi connectivity index (χ1n) is 10.6. The summed E-state index contributed by atoms with van der Waals surface area (Å²) in [5.74, 6) is 0.392. The summed E-state index contributed by atoms with van der Waals surface area (Å²) >= 11 is 1.44. The molecule has 0 atom stereocenters. The number of benzene rings is 2. The summed E-state index contributed by atoms with van der Waals surface area (Å²) in [6.45, 7) is 2.22. The third-order valence-corrected chi connectivity index (χ3v) is 6.36. The van der Waals surface area contributed by atoms with E-state index in [1.54, 1.807) is 0 Å². The van der Waals surface area contributed by atoms with Gasteiger partial charge in [-0.05, 0) is 49.1 Å². The first kappa shape index (κ1) is 21.2. The van der Waals surface area contributed by atoms with E-state index in [4.69, 9.17) is 0 Å². The zero-order chi connectivity index (χ0) is 21.5. The predicted molar refractivity (Wildman–Crippen MR) is 123 cm³/mol. The SMILES string of the molecule is O=C(NCCc1cnn(-c2ccccc2)c1)c1ccccc1SCC(=O)N1CCCC1. The van der Waals surface area contributed by atoms with E-state index in [-0.39, 0.29) is 11.8 Å². The Balaban J connectivity index is 1.30. The quantitative estimate of drug-likeness (QED) is 0.551. The fourth-order valence-electron chi connectivity index (χ4n) is 3.60. The highest BCUT2D eigenvalue weighted by atomic mass is 32.2. The van der Waals surface area contributed by atoms with E-state index < -0.39 is 0 Å². The summed E-state index contributed by atoms with van der Waals surface area (Å²) in [5.41, 5.74) is 2.68. The lowest BCUT2D eigenvalue weighted by molar-refractivity contribution is -0.127. The van der Waals surface area contributed by atoms with Crippen molar-refractivity contribution in [2.24, 2.45) is 0 Å². The summed E-state index contributed by atoms with van der Waals surface area (Å²) in [5, 5.41) is 7.39. The van der Waals surface area contributed by atoms with Crippen LogP contribution < -0.4 is 5.32 Å². The Labute approximate surface area is 186 Å². The molecular formula is C24H26N4O2S. The topological polar surface area (TPSA) is 67.2 Å². The van der Waals surface area contributed by atoms with Crippen LogP contribution in [0.4, 0.5) is 0 Å². The van der Waals surface area contributed by atoms with Gasteiger partial charge in [-0.3, -0.25) is 9.59 Å². The van der Waals surface area contributed by atoms with Crippen molar-refractivity contribution < 1.29 is 9.59 Å². The number of nitrogens with one attached hydrogen (secondary N) is 1. The van der Waals surface area contributed by atoms with Crippen LogP contribution in [0.15, 0.2) is 71.9 Å². The van der Waals surface area contributed by atoms with E-state index in [0.717, 1.165) is 42.1 Å². The zero-order valence-corrected chi connectivity index (χ0v) is 18.2. The molecule has 3 aromatic rings. The average molecular weight is 435 g/mol. The number of hydrogen-bond acceptors (Lipinski definition) is 4. The third-order valence-electron chi connectivity index (χ3n) is 5.30. The number of likely N-dealkylation sites (tertiary alicyclic amines) is 1. The number of carbonyl (C=O) groups excluding carboxylic acids is 2. The van der Waals surface area contributed by atoms with E-state index in [1.165, 1.54) is 11.8 Å². The average Bonchev–Trinajstić information content (AvgIpc) is 3.51. The lowest BCUT2D eigenvalue weighted by atomic mass is 10.2. The molecule has 31 heavy (non-hydrogen) atoms. The van der Waals surface area contributed by atoms with Gasteiger partial charge < -0.3 is 10.2 Å². The Bertz CT molecular complexity index is 1030. The van der Waals surface area contributed by atoms with Crippen LogP contribution in [0.3, 0.4) is 0 Å². The zero-order valence-electron chi connectivity index (χ0n) is 17.4. The summed E-state index contributed by atoms with van der Waals surface area (Å²) in [6.07, 6.45) is 6.67. The maximum absolute atomic E-state index is 12.7. The molecule has 0 spiro atoms. The minimum Gasteiger partial charge on any atom is -0.352 e. The second kappa shape index (κ2) is 10.3. The summed E-state index contributed by atoms with van der Waals surface area (Å²) in [6, 6.07) is 17.4. The van der Waals surface area contributed by atoms with Gasteiger partial charge in [0.25, 0.3) is 5.91 Å². The molecule has 4 rings (SSSR count). The van der Waals surface area contributed by atoms with E-state index in [2.05, 4.69) is 10.4 Å². The number of nitrogens with zero attached hydrogens (tertiary/aromatic N) is 3. The second-order valence-corrected chi connectivity index (χ2v) is 8.52. The molecule has 0 unspecified atom stereocenters. The van der Waals surface area contributed by atoms with E-state index >= 15 is 0 Å². The Kier molecular flexibility index (Phi) is 7.04. The lowest BCUT2D eigenvalue weighted by Gasteiger charge is -2.15. The van der Waals surface area contributed by atoms with Gasteiger partial charge in [0, 0.05) is 30.7 Å². The van der Waals surface area contributed by atoms with Gasteiger partial charge in [-0.25, -0.2) is 4.68 Å². The monoisotopic (exact) mass is 434 g/mol. The number of rotatable bonds is 8. The van der Waals surface area contributed by atoms with Crippen molar-refractivity contribution >= 4 is 23.6 Å². The summed E-state index contributed by atoms with van der Waals surface area (Å²) in [4.78, 5) is 27.8. The molecule has 1 aliphatic rings. The van der Waals surface area contributed by atoms with Crippen LogP contribution in [0.1, 0.15) is 28.8 Å². The van der Waals surface area contributed by atoms with Crippen LogP contribution in [-0.2, 0) is 11.2 Å². The molecule has 1 aromatic heterocycles. The van der Waals surface area contributed by atoms with Crippen molar-refractivity contribution in [3.63, 3.8) is 0 Å². The summed E-state index contributed by atoms with van der Waals surface area (Å²) < 4.78 is 1.83. The molecule has 0 aliphatic carbocycles. The second-order valence-electron chi connectivity index (χ2n) is 7.51. The molecule has 6 nitrogen and oxygen atoms in total. The normalized spacial score (nSPS) is 13.4. The minimum absolute atomic E-state index is 0.118. The number of thioether (sulfide) groups is 1. The molecule has 1 saturated heterocycles. The predicted octanol–water partition coefficient (Wildman–Crippen LogP) is 3.56. The van der Waals surface area contributed by atoms with Gasteiger partial charge in [0.2, 0.25) is 5.91 Å². The van der Waals surface area contributed by atoms with Crippen molar-refractivity contribution in [3.05, 3.63) is 78.1 Å². The Morgan fingerprint density at radius 3 is 2.55 bits per heavy atom. The Hall–Kier alpha value is -3.06. The molecule has 7 heteroatoms. The number of amides is 2. The smallest absolute Gasteiger partial charge is 0.252 e. The Morgan fingerprint density at radius 1 is 1.00 bits per heavy atom. The fourth-order valence-corrected chi connectivity index (χ4v) is 4.56. The number of para-hydroxylation sites is 1. The van der Waals surface area contributed by atoms with Gasteiger partial charge in [-0.2, -0.15) is 5.10 Å². The molecule has 2 aromatic carbocycles. The van der Waals surface area contributed by atoms with Crippen LogP contribution in [0, 0.1) is 0 Å². The first-order chi connectivity index (χ1) is 15.2. The van der Waals surface area contributed by atoms with Gasteiger partial charge in [0.05, 0.1) is 23.2 Å². The highest BCUT2D eigenvalue weighted by Crippen LogP contribution is 2.23. The van der Waals surface area contributed by atoms with E-state index in [9.17, 15) is 9.59 Å². The standard InChI is InChI=1S/C24H26N4O2S/c29-23(27-14-6-7-15-27)18-31-22-11-5-4-10-21(22)24(30)25-13-12-19-16-26-28(17-19)20-8-2-1-3-9-20/h1-5,8-11,16-17H,6-7,12-15,18H2,(H,25,30). The molecule has 0 bridgehead atoms. The van der Waals surface area contributed by atoms with Gasteiger partial charge in [0.1, 0.15) is 0 Å². The highest BCUT2D eigenvalue weighted by Gasteiger charge is 2.19. The molecular weight excluding hydrogens is 408 g/mol. The number of aromatic nitrogens is 2. The van der Waals surface area contributed by atoms with Gasteiger partial charge in [-0.15, -0.1) is 11.8 Å². The lowest BCUT2D eigenvalue weighted by Crippen LogP contribution is -2.29. The molecule has 0 saturated carbocycles. The summed E-state index contributed by atoms with van der Waals surface area (Å²) in [7, 11) is 0. The van der Waals surface area contributed by atoms with E-state index in [0.29, 0.717) is 24.3 Å². The fraction of sp³-hybridized carbons (Fsp3) is 0.292. The van der Waals surface area contributed by atoms with Crippen molar-refractivity contribution in [1.82, 2.24) is 20.0 Å². The van der Waals surface area contributed by atoms with Crippen molar-refractivity contribution in [1.29, 1.82) is 0 Å². The Morgan fingerprint density at radius 2 is 1.74 bits per heavy atom. The van der Waals surface area contributed by atoms with Crippen LogP contribution in [0.25, 0.3) is 5.69 Å². The van der Waals surface area contributed by atoms with Crippen molar-refractivity contribution in [3.8, 4) is 5.69 Å².